The molecule has 1 aromatic carbocycles. The van der Waals surface area contributed by atoms with E-state index in [1.54, 1.807) is 11.8 Å². The minimum Gasteiger partial charge on any atom is -0.336 e. The molecule has 0 aliphatic rings. The van der Waals surface area contributed by atoms with Gasteiger partial charge in [-0.05, 0) is 24.5 Å². The van der Waals surface area contributed by atoms with Crippen molar-refractivity contribution in [3.8, 4) is 0 Å². The van der Waals surface area contributed by atoms with Gasteiger partial charge in [0.15, 0.2) is 5.82 Å². The number of hydrogen-bond acceptors (Lipinski definition) is 5. The Bertz CT molecular complexity index is 589. The van der Waals surface area contributed by atoms with Crippen molar-refractivity contribution >= 4 is 23.5 Å². The third-order valence-electron chi connectivity index (χ3n) is 2.63. The lowest BCUT2D eigenvalue weighted by Crippen LogP contribution is -2.14. The first-order valence-corrected chi connectivity index (χ1v) is 8.24. The Morgan fingerprint density at radius 3 is 2.85 bits per heavy atom. The highest BCUT2D eigenvalue weighted by molar-refractivity contribution is 7.98. The van der Waals surface area contributed by atoms with Gasteiger partial charge in [-0.1, -0.05) is 11.8 Å². The van der Waals surface area contributed by atoms with Crippen LogP contribution in [-0.4, -0.2) is 26.9 Å². The number of halogens is 2. The summed E-state index contributed by atoms with van der Waals surface area (Å²) in [6, 6.07) is 3.38. The van der Waals surface area contributed by atoms with Gasteiger partial charge in [0.1, 0.15) is 11.6 Å². The fraction of sp³-hybridized carbons (Fsp3) is 0.333. The molecule has 2 rings (SSSR count). The smallest absolute Gasteiger partial charge is 0.210 e. The van der Waals surface area contributed by atoms with Gasteiger partial charge in [0.2, 0.25) is 5.16 Å². The Labute approximate surface area is 124 Å². The van der Waals surface area contributed by atoms with Crippen LogP contribution >= 0.6 is 23.5 Å². The number of hydrogen-bond donors (Lipinski definition) is 1. The zero-order valence-corrected chi connectivity index (χ0v) is 12.5. The minimum atomic E-state index is -0.461. The molecule has 0 atom stereocenters. The van der Waals surface area contributed by atoms with E-state index < -0.39 is 11.6 Å². The molecular formula is C12H14F2N4S2. The molecular weight excluding hydrogens is 302 g/mol. The van der Waals surface area contributed by atoms with Crippen molar-refractivity contribution in [3.63, 3.8) is 0 Å². The summed E-state index contributed by atoms with van der Waals surface area (Å²) < 4.78 is 27.9. The Balaban J connectivity index is 2.04. The van der Waals surface area contributed by atoms with E-state index in [0.29, 0.717) is 11.0 Å². The van der Waals surface area contributed by atoms with Gasteiger partial charge >= 0.3 is 0 Å². The zero-order chi connectivity index (χ0) is 14.5. The SMILES string of the molecule is CSCCc1nnc(SCc2cc(F)ccc2F)n1N. The average molecular weight is 316 g/mol. The van der Waals surface area contributed by atoms with Crippen LogP contribution in [0.2, 0.25) is 0 Å². The second-order valence-electron chi connectivity index (χ2n) is 4.04. The van der Waals surface area contributed by atoms with E-state index in [2.05, 4.69) is 10.2 Å². The maximum atomic E-state index is 13.5. The van der Waals surface area contributed by atoms with E-state index in [-0.39, 0.29) is 11.3 Å². The van der Waals surface area contributed by atoms with Crippen LogP contribution in [0.25, 0.3) is 0 Å². The van der Waals surface area contributed by atoms with Crippen LogP contribution in [0.4, 0.5) is 8.78 Å². The quantitative estimate of drug-likeness (QED) is 0.655. The lowest BCUT2D eigenvalue weighted by atomic mass is 10.2. The van der Waals surface area contributed by atoms with Crippen molar-refractivity contribution < 1.29 is 8.78 Å². The highest BCUT2D eigenvalue weighted by atomic mass is 32.2. The molecule has 1 heterocycles. The van der Waals surface area contributed by atoms with Crippen molar-refractivity contribution in [2.45, 2.75) is 17.3 Å². The number of nitrogens with zero attached hydrogens (tertiary/aromatic N) is 3. The Morgan fingerprint density at radius 1 is 1.30 bits per heavy atom. The number of benzene rings is 1. The lowest BCUT2D eigenvalue weighted by molar-refractivity contribution is 0.591. The van der Waals surface area contributed by atoms with Crippen molar-refractivity contribution in [1.29, 1.82) is 0 Å². The number of thioether (sulfide) groups is 2. The maximum Gasteiger partial charge on any atom is 0.210 e. The number of aryl methyl sites for hydroxylation is 1. The first kappa shape index (κ1) is 15.1. The molecule has 0 spiro atoms. The molecule has 2 aromatic rings. The van der Waals surface area contributed by atoms with Gasteiger partial charge in [0, 0.05) is 23.5 Å². The molecule has 108 valence electrons. The number of nitrogens with two attached hydrogens (primary N) is 1. The number of nitrogen functional groups attached to an aromatic ring is 1. The monoisotopic (exact) mass is 316 g/mol. The molecule has 8 heteroatoms. The Kier molecular flexibility index (Phi) is 5.24. The van der Waals surface area contributed by atoms with E-state index in [0.717, 1.165) is 24.3 Å². The van der Waals surface area contributed by atoms with E-state index in [4.69, 9.17) is 5.84 Å². The van der Waals surface area contributed by atoms with Gasteiger partial charge < -0.3 is 5.84 Å². The van der Waals surface area contributed by atoms with Crippen molar-refractivity contribution in [1.82, 2.24) is 14.9 Å². The summed E-state index contributed by atoms with van der Waals surface area (Å²) in [5.74, 6) is 6.80. The largest absolute Gasteiger partial charge is 0.336 e. The van der Waals surface area contributed by atoms with Crippen LogP contribution in [0.5, 0.6) is 0 Å². The third-order valence-corrected chi connectivity index (χ3v) is 4.23. The molecule has 1 aromatic heterocycles. The van der Waals surface area contributed by atoms with Gasteiger partial charge in [0.05, 0.1) is 0 Å². The molecule has 2 N–H and O–H groups in total. The van der Waals surface area contributed by atoms with Crippen LogP contribution in [0.15, 0.2) is 23.4 Å². The van der Waals surface area contributed by atoms with E-state index in [9.17, 15) is 8.78 Å². The molecule has 0 saturated heterocycles. The topological polar surface area (TPSA) is 56.7 Å². The van der Waals surface area contributed by atoms with E-state index in [1.165, 1.54) is 22.5 Å². The van der Waals surface area contributed by atoms with Gasteiger partial charge in [0.25, 0.3) is 0 Å². The maximum absolute atomic E-state index is 13.5. The lowest BCUT2D eigenvalue weighted by Gasteiger charge is -2.04. The fourth-order valence-electron chi connectivity index (χ4n) is 1.57. The highest BCUT2D eigenvalue weighted by Crippen LogP contribution is 2.22. The second kappa shape index (κ2) is 6.94. The van der Waals surface area contributed by atoms with E-state index in [1.807, 2.05) is 6.26 Å². The molecule has 0 aliphatic heterocycles. The van der Waals surface area contributed by atoms with Gasteiger partial charge in [-0.25, -0.2) is 13.5 Å². The number of rotatable bonds is 6. The van der Waals surface area contributed by atoms with Gasteiger partial charge in [-0.3, -0.25) is 0 Å². The molecule has 0 bridgehead atoms. The molecule has 4 nitrogen and oxygen atoms in total. The Hall–Kier alpha value is -1.28. The first-order valence-electron chi connectivity index (χ1n) is 5.87. The predicted octanol–water partition coefficient (Wildman–Crippen LogP) is 2.47. The summed E-state index contributed by atoms with van der Waals surface area (Å²) in [5, 5.41) is 8.44. The Morgan fingerprint density at radius 2 is 2.10 bits per heavy atom. The van der Waals surface area contributed by atoms with Crippen molar-refractivity contribution in [2.75, 3.05) is 17.9 Å². The average Bonchev–Trinajstić information content (AvgIpc) is 2.78. The summed E-state index contributed by atoms with van der Waals surface area (Å²) >= 11 is 2.92. The molecule has 20 heavy (non-hydrogen) atoms. The van der Waals surface area contributed by atoms with Crippen LogP contribution in [-0.2, 0) is 12.2 Å². The van der Waals surface area contributed by atoms with Crippen molar-refractivity contribution in [2.24, 2.45) is 0 Å². The molecule has 0 radical (unpaired) electrons. The number of aromatic nitrogens is 3. The minimum absolute atomic E-state index is 0.251. The molecule has 0 amide bonds. The zero-order valence-electron chi connectivity index (χ0n) is 10.8. The van der Waals surface area contributed by atoms with Crippen LogP contribution in [0.1, 0.15) is 11.4 Å². The summed E-state index contributed by atoms with van der Waals surface area (Å²) in [6.07, 6.45) is 2.72. The van der Waals surface area contributed by atoms with Crippen LogP contribution < -0.4 is 5.84 Å². The van der Waals surface area contributed by atoms with E-state index >= 15 is 0 Å². The van der Waals surface area contributed by atoms with Crippen LogP contribution in [0.3, 0.4) is 0 Å². The van der Waals surface area contributed by atoms with Gasteiger partial charge in [-0.2, -0.15) is 11.8 Å². The third kappa shape index (κ3) is 3.63. The highest BCUT2D eigenvalue weighted by Gasteiger charge is 2.11. The molecule has 0 saturated carbocycles. The summed E-state index contributed by atoms with van der Waals surface area (Å²) in [7, 11) is 0. The fourth-order valence-corrected chi connectivity index (χ4v) is 2.80. The summed E-state index contributed by atoms with van der Waals surface area (Å²) in [4.78, 5) is 0. The standard InChI is InChI=1S/C12H14F2N4S2/c1-19-5-4-11-16-17-12(18(11)15)20-7-8-6-9(13)2-3-10(8)14/h2-3,6H,4-5,7,15H2,1H3. The summed E-state index contributed by atoms with van der Waals surface area (Å²) in [6.45, 7) is 0. The molecule has 0 fully saturated rings. The normalized spacial score (nSPS) is 10.9. The predicted molar refractivity (Wildman–Crippen MR) is 78.2 cm³/mol. The summed E-state index contributed by atoms with van der Waals surface area (Å²) in [5.41, 5.74) is 0.281. The van der Waals surface area contributed by atoms with Crippen molar-refractivity contribution in [3.05, 3.63) is 41.2 Å². The molecule has 0 aliphatic carbocycles. The first-order chi connectivity index (χ1) is 9.61. The second-order valence-corrected chi connectivity index (χ2v) is 5.96. The van der Waals surface area contributed by atoms with Gasteiger partial charge in [-0.15, -0.1) is 10.2 Å². The van der Waals surface area contributed by atoms with Crippen LogP contribution in [0, 0.1) is 11.6 Å². The molecule has 0 unspecified atom stereocenters.